The van der Waals surface area contributed by atoms with E-state index >= 15 is 0 Å². The Morgan fingerprint density at radius 2 is 2.05 bits per heavy atom. The molecule has 0 spiro atoms. The summed E-state index contributed by atoms with van der Waals surface area (Å²) in [7, 11) is 0. The molecule has 0 aliphatic carbocycles. The summed E-state index contributed by atoms with van der Waals surface area (Å²) in [6.45, 7) is 3.79. The number of nitrogens with one attached hydrogen (secondary N) is 1. The molecule has 0 bridgehead atoms. The highest BCUT2D eigenvalue weighted by Crippen LogP contribution is 2.17. The molecule has 0 aliphatic rings. The van der Waals surface area contributed by atoms with E-state index in [1.165, 1.54) is 18.2 Å². The number of amides is 1. The van der Waals surface area contributed by atoms with Gasteiger partial charge in [-0.2, -0.15) is 0 Å². The fourth-order valence-corrected chi connectivity index (χ4v) is 2.30. The molecule has 2 aromatic rings. The quantitative estimate of drug-likeness (QED) is 0.851. The summed E-state index contributed by atoms with van der Waals surface area (Å²) in [5, 5.41) is 2.95. The fraction of sp³-hybridized carbons (Fsp3) is 0.250. The third kappa shape index (κ3) is 4.26. The van der Waals surface area contributed by atoms with E-state index in [0.29, 0.717) is 11.3 Å². The maximum absolute atomic E-state index is 13.3. The lowest BCUT2D eigenvalue weighted by Gasteiger charge is -2.08. The lowest BCUT2D eigenvalue weighted by Crippen LogP contribution is -2.13. The standard InChI is InChI=1S/C16H16ClFN2O/c1-3-4-13-7-11(8-15(17)19-13)16(21)20-14-6-10(2)5-12(18)9-14/h5-9H,3-4H2,1-2H3,(H,20,21). The van der Waals surface area contributed by atoms with E-state index in [2.05, 4.69) is 10.3 Å². The molecule has 2 rings (SSSR count). The van der Waals surface area contributed by atoms with Gasteiger partial charge in [0.05, 0.1) is 0 Å². The molecule has 110 valence electrons. The van der Waals surface area contributed by atoms with Crippen molar-refractivity contribution in [2.24, 2.45) is 0 Å². The lowest BCUT2D eigenvalue weighted by atomic mass is 10.1. The molecule has 1 aromatic carbocycles. The molecule has 1 aromatic heterocycles. The molecule has 0 fully saturated rings. The minimum absolute atomic E-state index is 0.279. The summed E-state index contributed by atoms with van der Waals surface area (Å²) in [5.41, 5.74) is 2.35. The van der Waals surface area contributed by atoms with E-state index in [0.717, 1.165) is 24.1 Å². The molecule has 1 heterocycles. The molecule has 0 radical (unpaired) electrons. The lowest BCUT2D eigenvalue weighted by molar-refractivity contribution is 0.102. The average molecular weight is 307 g/mol. The number of pyridine rings is 1. The van der Waals surface area contributed by atoms with Crippen molar-refractivity contribution in [3.8, 4) is 0 Å². The number of carbonyl (C=O) groups excluding carboxylic acids is 1. The maximum atomic E-state index is 13.3. The van der Waals surface area contributed by atoms with Crippen molar-refractivity contribution in [1.29, 1.82) is 0 Å². The number of carbonyl (C=O) groups is 1. The SMILES string of the molecule is CCCc1cc(C(=O)Nc2cc(C)cc(F)c2)cc(Cl)n1. The minimum Gasteiger partial charge on any atom is -0.322 e. The Balaban J connectivity index is 2.23. The molecule has 0 unspecified atom stereocenters. The zero-order valence-corrected chi connectivity index (χ0v) is 12.7. The van der Waals surface area contributed by atoms with Gasteiger partial charge in [-0.15, -0.1) is 0 Å². The monoisotopic (exact) mass is 306 g/mol. The Morgan fingerprint density at radius 3 is 2.71 bits per heavy atom. The van der Waals surface area contributed by atoms with Gasteiger partial charge in [0.2, 0.25) is 0 Å². The van der Waals surface area contributed by atoms with Crippen LogP contribution in [0.15, 0.2) is 30.3 Å². The molecular formula is C16H16ClFN2O. The zero-order valence-electron chi connectivity index (χ0n) is 11.9. The molecule has 0 atom stereocenters. The summed E-state index contributed by atoms with van der Waals surface area (Å²) in [6.07, 6.45) is 1.66. The second kappa shape index (κ2) is 6.68. The number of rotatable bonds is 4. The van der Waals surface area contributed by atoms with Crippen molar-refractivity contribution in [2.45, 2.75) is 26.7 Å². The highest BCUT2D eigenvalue weighted by molar-refractivity contribution is 6.29. The van der Waals surface area contributed by atoms with Crippen molar-refractivity contribution in [3.05, 3.63) is 58.1 Å². The van der Waals surface area contributed by atoms with Crippen LogP contribution in [-0.2, 0) is 6.42 Å². The maximum Gasteiger partial charge on any atom is 0.255 e. The molecule has 1 amide bonds. The van der Waals surface area contributed by atoms with Gasteiger partial charge in [-0.05, 0) is 49.2 Å². The summed E-state index contributed by atoms with van der Waals surface area (Å²) < 4.78 is 13.3. The molecule has 0 saturated carbocycles. The predicted octanol–water partition coefficient (Wildman–Crippen LogP) is 4.39. The molecule has 3 nitrogen and oxygen atoms in total. The molecule has 0 aliphatic heterocycles. The van der Waals surface area contributed by atoms with Gasteiger partial charge in [0.15, 0.2) is 0 Å². The van der Waals surface area contributed by atoms with Crippen molar-refractivity contribution in [2.75, 3.05) is 5.32 Å². The topological polar surface area (TPSA) is 42.0 Å². The van der Waals surface area contributed by atoms with E-state index in [9.17, 15) is 9.18 Å². The van der Waals surface area contributed by atoms with Crippen LogP contribution in [0.2, 0.25) is 5.15 Å². The van der Waals surface area contributed by atoms with Gasteiger partial charge in [-0.25, -0.2) is 9.37 Å². The third-order valence-electron chi connectivity index (χ3n) is 2.92. The summed E-state index contributed by atoms with van der Waals surface area (Å²) >= 11 is 5.93. The highest BCUT2D eigenvalue weighted by atomic mass is 35.5. The van der Waals surface area contributed by atoms with Crippen molar-refractivity contribution in [1.82, 2.24) is 4.98 Å². The summed E-state index contributed by atoms with van der Waals surface area (Å²) in [5.74, 6) is -0.716. The van der Waals surface area contributed by atoms with Crippen molar-refractivity contribution < 1.29 is 9.18 Å². The number of hydrogen-bond acceptors (Lipinski definition) is 2. The number of aromatic nitrogens is 1. The van der Waals surface area contributed by atoms with Gasteiger partial charge in [-0.3, -0.25) is 4.79 Å². The van der Waals surface area contributed by atoms with Gasteiger partial charge in [-0.1, -0.05) is 24.9 Å². The van der Waals surface area contributed by atoms with Crippen LogP contribution >= 0.6 is 11.6 Å². The molecular weight excluding hydrogens is 291 g/mol. The predicted molar refractivity (Wildman–Crippen MR) is 82.3 cm³/mol. The largest absolute Gasteiger partial charge is 0.322 e. The minimum atomic E-state index is -0.385. The zero-order chi connectivity index (χ0) is 15.4. The van der Waals surface area contributed by atoms with Crippen LogP contribution in [0.25, 0.3) is 0 Å². The number of anilines is 1. The fourth-order valence-electron chi connectivity index (χ4n) is 2.08. The number of aryl methyl sites for hydroxylation is 2. The number of nitrogens with zero attached hydrogens (tertiary/aromatic N) is 1. The van der Waals surface area contributed by atoms with E-state index in [1.54, 1.807) is 19.1 Å². The van der Waals surface area contributed by atoms with E-state index in [-0.39, 0.29) is 16.9 Å². The van der Waals surface area contributed by atoms with Gasteiger partial charge >= 0.3 is 0 Å². The van der Waals surface area contributed by atoms with Crippen LogP contribution in [0.3, 0.4) is 0 Å². The van der Waals surface area contributed by atoms with Gasteiger partial charge in [0, 0.05) is 16.9 Å². The molecule has 1 N–H and O–H groups in total. The van der Waals surface area contributed by atoms with E-state index in [4.69, 9.17) is 11.6 Å². The van der Waals surface area contributed by atoms with Crippen LogP contribution in [0, 0.1) is 12.7 Å². The highest BCUT2D eigenvalue weighted by Gasteiger charge is 2.10. The Kier molecular flexibility index (Phi) is 4.91. The number of benzene rings is 1. The molecule has 21 heavy (non-hydrogen) atoms. The summed E-state index contributed by atoms with van der Waals surface area (Å²) in [6, 6.07) is 7.59. The first-order chi connectivity index (χ1) is 9.97. The van der Waals surface area contributed by atoms with Crippen LogP contribution in [-0.4, -0.2) is 10.9 Å². The smallest absolute Gasteiger partial charge is 0.255 e. The second-order valence-corrected chi connectivity index (χ2v) is 5.28. The Bertz CT molecular complexity index is 653. The Labute approximate surface area is 128 Å². The first-order valence-corrected chi connectivity index (χ1v) is 7.10. The van der Waals surface area contributed by atoms with Gasteiger partial charge < -0.3 is 5.32 Å². The normalized spacial score (nSPS) is 10.5. The van der Waals surface area contributed by atoms with Crippen LogP contribution in [0.1, 0.15) is 35.0 Å². The van der Waals surface area contributed by atoms with E-state index < -0.39 is 0 Å². The number of hydrogen-bond donors (Lipinski definition) is 1. The summed E-state index contributed by atoms with van der Waals surface area (Å²) in [4.78, 5) is 16.4. The van der Waals surface area contributed by atoms with Crippen LogP contribution < -0.4 is 5.32 Å². The first-order valence-electron chi connectivity index (χ1n) is 6.73. The van der Waals surface area contributed by atoms with Crippen LogP contribution in [0.5, 0.6) is 0 Å². The van der Waals surface area contributed by atoms with Crippen LogP contribution in [0.4, 0.5) is 10.1 Å². The Hall–Kier alpha value is -1.94. The Morgan fingerprint density at radius 1 is 1.29 bits per heavy atom. The van der Waals surface area contributed by atoms with Gasteiger partial charge in [0.25, 0.3) is 5.91 Å². The molecule has 0 saturated heterocycles. The third-order valence-corrected chi connectivity index (χ3v) is 3.11. The number of halogens is 2. The second-order valence-electron chi connectivity index (χ2n) is 4.89. The van der Waals surface area contributed by atoms with Crippen molar-refractivity contribution >= 4 is 23.2 Å². The average Bonchev–Trinajstić information content (AvgIpc) is 2.37. The molecule has 5 heteroatoms. The van der Waals surface area contributed by atoms with Gasteiger partial charge in [0.1, 0.15) is 11.0 Å². The first kappa shape index (κ1) is 15.4. The van der Waals surface area contributed by atoms with Crippen molar-refractivity contribution in [3.63, 3.8) is 0 Å². The van der Waals surface area contributed by atoms with E-state index in [1.807, 2.05) is 6.92 Å².